The Morgan fingerprint density at radius 3 is 2.44 bits per heavy atom. The van der Waals surface area contributed by atoms with E-state index in [2.05, 4.69) is 37.2 Å². The summed E-state index contributed by atoms with van der Waals surface area (Å²) in [7, 11) is 0.723. The molecule has 1 aromatic carbocycles. The van der Waals surface area contributed by atoms with E-state index in [0.29, 0.717) is 80.1 Å². The molecule has 2 aliphatic rings. The minimum Gasteiger partial charge on any atom is -0.375 e. The van der Waals surface area contributed by atoms with E-state index in [1.54, 1.807) is 4.90 Å². The van der Waals surface area contributed by atoms with Gasteiger partial charge in [-0.25, -0.2) is 15.0 Å². The van der Waals surface area contributed by atoms with Gasteiger partial charge in [0.25, 0.3) is 0 Å². The normalized spacial score (nSPS) is 17.0. The summed E-state index contributed by atoms with van der Waals surface area (Å²) in [5, 5.41) is 3.41. The molecule has 36 heavy (non-hydrogen) atoms. The number of piperazine rings is 1. The zero-order valence-corrected chi connectivity index (χ0v) is 21.1. The van der Waals surface area contributed by atoms with E-state index in [9.17, 15) is 9.00 Å². The molecule has 0 radical (unpaired) electrons. The van der Waals surface area contributed by atoms with Crippen LogP contribution in [0.5, 0.6) is 0 Å². The lowest BCUT2D eigenvalue weighted by Crippen LogP contribution is -2.50. The molecule has 0 spiro atoms. The predicted octanol–water partition coefficient (Wildman–Crippen LogP) is 0.896. The number of benzene rings is 1. The topological polar surface area (TPSA) is 117 Å². The monoisotopic (exact) mass is 510 g/mol. The number of carbonyl (C=O) groups excluding carboxylic acids is 1. The predicted molar refractivity (Wildman–Crippen MR) is 140 cm³/mol. The van der Waals surface area contributed by atoms with Crippen LogP contribution in [0.1, 0.15) is 5.56 Å². The third kappa shape index (κ3) is 5.39. The van der Waals surface area contributed by atoms with E-state index in [1.165, 1.54) is 13.4 Å². The van der Waals surface area contributed by atoms with Gasteiger partial charge in [0, 0.05) is 75.2 Å². The maximum absolute atomic E-state index is 12.2. The number of ether oxygens (including phenoxy) is 1. The van der Waals surface area contributed by atoms with Crippen LogP contribution >= 0.6 is 0 Å². The molecule has 2 saturated heterocycles. The number of anilines is 3. The van der Waals surface area contributed by atoms with Gasteiger partial charge in [-0.05, 0) is 5.56 Å². The van der Waals surface area contributed by atoms with Gasteiger partial charge in [-0.1, -0.05) is 30.3 Å². The molecule has 190 valence electrons. The first kappa shape index (κ1) is 24.3. The third-order valence-electron chi connectivity index (χ3n) is 6.41. The Morgan fingerprint density at radius 1 is 0.972 bits per heavy atom. The van der Waals surface area contributed by atoms with E-state index in [0.717, 1.165) is 11.4 Å². The summed E-state index contributed by atoms with van der Waals surface area (Å²) in [6.45, 7) is 4.36. The zero-order chi connectivity index (χ0) is 24.9. The first-order valence-corrected chi connectivity index (χ1v) is 13.5. The molecule has 12 heteroatoms. The van der Waals surface area contributed by atoms with Crippen LogP contribution in [0.2, 0.25) is 0 Å². The fraction of sp³-hybridized carbons (Fsp3) is 0.458. The lowest BCUT2D eigenvalue weighted by Gasteiger charge is -2.35. The largest absolute Gasteiger partial charge is 0.375 e. The highest BCUT2D eigenvalue weighted by Gasteiger charge is 2.26. The minimum atomic E-state index is -0.805. The summed E-state index contributed by atoms with van der Waals surface area (Å²) in [6, 6.07) is 10.1. The average Bonchev–Trinajstić information content (AvgIpc) is 2.92. The lowest BCUT2D eigenvalue weighted by atomic mass is 10.2. The smallest absolute Gasteiger partial charge is 0.248 e. The summed E-state index contributed by atoms with van der Waals surface area (Å²) in [4.78, 5) is 37.2. The van der Waals surface area contributed by atoms with E-state index >= 15 is 0 Å². The summed E-state index contributed by atoms with van der Waals surface area (Å²) in [5.41, 5.74) is 2.46. The highest BCUT2D eigenvalue weighted by molar-refractivity contribution is 7.85. The van der Waals surface area contributed by atoms with Gasteiger partial charge in [0.2, 0.25) is 11.9 Å². The molecule has 5 rings (SSSR count). The van der Waals surface area contributed by atoms with Crippen LogP contribution in [0.3, 0.4) is 0 Å². The number of aromatic nitrogens is 4. The van der Waals surface area contributed by atoms with Crippen molar-refractivity contribution in [3.8, 4) is 0 Å². The summed E-state index contributed by atoms with van der Waals surface area (Å²) < 4.78 is 17.0. The highest BCUT2D eigenvalue weighted by atomic mass is 32.2. The standard InChI is InChI=1S/C24H30N8O3S/c1-35-16-19(33)30-7-9-32(10-8-30)24-28-20-21(23(29-24)31-11-13-36(34)14-12-31)26-17-27-22(20)25-15-18-5-3-2-4-6-18/h2-6,17H,7-16H2,1H3,(H,25,26,27). The summed E-state index contributed by atoms with van der Waals surface area (Å²) in [6.07, 6.45) is 1.53. The van der Waals surface area contributed by atoms with Crippen LogP contribution in [0, 0.1) is 0 Å². The van der Waals surface area contributed by atoms with Crippen molar-refractivity contribution >= 4 is 45.3 Å². The van der Waals surface area contributed by atoms with E-state index < -0.39 is 10.8 Å². The van der Waals surface area contributed by atoms with Gasteiger partial charge in [0.05, 0.1) is 0 Å². The minimum absolute atomic E-state index is 0.0145. The summed E-state index contributed by atoms with van der Waals surface area (Å²) >= 11 is 0. The van der Waals surface area contributed by atoms with Crippen molar-refractivity contribution in [2.45, 2.75) is 6.54 Å². The Morgan fingerprint density at radius 2 is 1.72 bits per heavy atom. The molecule has 2 fully saturated rings. The second-order valence-corrected chi connectivity index (χ2v) is 10.4. The number of rotatable bonds is 7. The molecule has 2 aliphatic heterocycles. The second-order valence-electron chi connectivity index (χ2n) is 8.74. The quantitative estimate of drug-likeness (QED) is 0.491. The van der Waals surface area contributed by atoms with Crippen LogP contribution in [-0.2, 0) is 26.9 Å². The fourth-order valence-electron chi connectivity index (χ4n) is 4.41. The van der Waals surface area contributed by atoms with Gasteiger partial charge < -0.3 is 24.8 Å². The molecule has 0 unspecified atom stereocenters. The van der Waals surface area contributed by atoms with Crippen LogP contribution in [0.4, 0.5) is 17.6 Å². The number of methoxy groups -OCH3 is 1. The molecule has 1 N–H and O–H groups in total. The van der Waals surface area contributed by atoms with Crippen LogP contribution in [-0.4, -0.2) is 99.4 Å². The number of amides is 1. The highest BCUT2D eigenvalue weighted by Crippen LogP contribution is 2.29. The molecule has 0 saturated carbocycles. The van der Waals surface area contributed by atoms with Gasteiger partial charge in [-0.15, -0.1) is 0 Å². The second kappa shape index (κ2) is 11.1. The fourth-order valence-corrected chi connectivity index (χ4v) is 5.47. The van der Waals surface area contributed by atoms with Gasteiger partial charge in [0.15, 0.2) is 11.6 Å². The van der Waals surface area contributed by atoms with E-state index in [-0.39, 0.29) is 12.5 Å². The number of hydrogen-bond donors (Lipinski definition) is 1. The zero-order valence-electron chi connectivity index (χ0n) is 20.3. The SMILES string of the molecule is COCC(=O)N1CCN(c2nc(N3CCS(=O)CC3)c3ncnc(NCc4ccccc4)c3n2)CC1. The molecule has 0 atom stereocenters. The number of fused-ring (bicyclic) bond motifs is 1. The maximum Gasteiger partial charge on any atom is 0.248 e. The van der Waals surface area contributed by atoms with Crippen LogP contribution < -0.4 is 15.1 Å². The molecular weight excluding hydrogens is 480 g/mol. The molecule has 0 aliphatic carbocycles. The molecule has 0 bridgehead atoms. The summed E-state index contributed by atoms with van der Waals surface area (Å²) in [5.74, 6) is 3.15. The van der Waals surface area contributed by atoms with Crippen molar-refractivity contribution < 1.29 is 13.7 Å². The lowest BCUT2D eigenvalue weighted by molar-refractivity contribution is -0.135. The van der Waals surface area contributed by atoms with Crippen molar-refractivity contribution in [1.29, 1.82) is 0 Å². The van der Waals surface area contributed by atoms with Crippen molar-refractivity contribution in [3.05, 3.63) is 42.2 Å². The van der Waals surface area contributed by atoms with E-state index in [4.69, 9.17) is 14.7 Å². The maximum atomic E-state index is 12.2. The Hall–Kier alpha value is -3.38. The first-order chi connectivity index (χ1) is 17.6. The van der Waals surface area contributed by atoms with Crippen molar-refractivity contribution in [1.82, 2.24) is 24.8 Å². The average molecular weight is 511 g/mol. The van der Waals surface area contributed by atoms with Crippen LogP contribution in [0.15, 0.2) is 36.7 Å². The van der Waals surface area contributed by atoms with Gasteiger partial charge in [-0.3, -0.25) is 9.00 Å². The van der Waals surface area contributed by atoms with Crippen molar-refractivity contribution in [2.75, 3.05) is 79.6 Å². The number of nitrogens with zero attached hydrogens (tertiary/aromatic N) is 7. The molecule has 1 amide bonds. The number of carbonyl (C=O) groups is 1. The molecule has 3 aromatic rings. The number of nitrogens with one attached hydrogen (secondary N) is 1. The molecule has 11 nitrogen and oxygen atoms in total. The van der Waals surface area contributed by atoms with Crippen molar-refractivity contribution in [2.24, 2.45) is 0 Å². The van der Waals surface area contributed by atoms with Gasteiger partial charge >= 0.3 is 0 Å². The van der Waals surface area contributed by atoms with E-state index in [1.807, 2.05) is 18.2 Å². The van der Waals surface area contributed by atoms with Crippen molar-refractivity contribution in [3.63, 3.8) is 0 Å². The Labute approximate surface area is 212 Å². The Kier molecular flexibility index (Phi) is 7.52. The first-order valence-electron chi connectivity index (χ1n) is 12.0. The van der Waals surface area contributed by atoms with Gasteiger partial charge in [-0.2, -0.15) is 4.98 Å². The molecule has 4 heterocycles. The molecule has 2 aromatic heterocycles. The Balaban J connectivity index is 1.46. The number of hydrogen-bond acceptors (Lipinski definition) is 10. The van der Waals surface area contributed by atoms with Crippen LogP contribution in [0.25, 0.3) is 11.0 Å². The van der Waals surface area contributed by atoms with Gasteiger partial charge in [0.1, 0.15) is 24.0 Å². The Bertz CT molecular complexity index is 1230. The third-order valence-corrected chi connectivity index (χ3v) is 7.69. The molecular formula is C24H30N8O3S.